The number of hydrogen-bond acceptors (Lipinski definition) is 10. The second-order valence-corrected chi connectivity index (χ2v) is 9.48. The van der Waals surface area contributed by atoms with Crippen LogP contribution in [-0.2, 0) is 5.97 Å². The fourth-order valence-electron chi connectivity index (χ4n) is 3.71. The van der Waals surface area contributed by atoms with Crippen molar-refractivity contribution in [3.8, 4) is 23.3 Å². The highest BCUT2D eigenvalue weighted by Gasteiger charge is 2.34. The Hall–Kier alpha value is -3.62. The van der Waals surface area contributed by atoms with E-state index in [-0.39, 0.29) is 28.9 Å². The number of nitrogen functional groups attached to an aromatic ring is 1. The second kappa shape index (κ2) is 11.6. The fourth-order valence-corrected chi connectivity index (χ4v) is 3.71. The summed E-state index contributed by atoms with van der Waals surface area (Å²) < 4.78 is 10.8. The largest absolute Gasteiger partial charge is 0.496 e. The summed E-state index contributed by atoms with van der Waals surface area (Å²) >= 11 is 0. The van der Waals surface area contributed by atoms with E-state index < -0.39 is 11.6 Å². The molecule has 0 spiro atoms. The number of rotatable bonds is 7. The van der Waals surface area contributed by atoms with Crippen molar-refractivity contribution in [2.45, 2.75) is 44.3 Å². The highest BCUT2D eigenvalue weighted by Crippen LogP contribution is 2.34. The van der Waals surface area contributed by atoms with Gasteiger partial charge >= 0.3 is 5.97 Å². The first-order valence-corrected chi connectivity index (χ1v) is 11.9. The molecule has 0 radical (unpaired) electrons. The van der Waals surface area contributed by atoms with Gasteiger partial charge in [-0.2, -0.15) is 0 Å². The third-order valence-corrected chi connectivity index (χ3v) is 5.82. The highest BCUT2D eigenvalue weighted by atomic mass is 16.8. The van der Waals surface area contributed by atoms with Crippen LogP contribution in [0.15, 0.2) is 41.7 Å². The molecule has 0 bridgehead atoms. The van der Waals surface area contributed by atoms with Crippen molar-refractivity contribution in [3.63, 3.8) is 0 Å². The minimum Gasteiger partial charge on any atom is -0.496 e. The van der Waals surface area contributed by atoms with E-state index in [4.69, 9.17) is 20.9 Å². The van der Waals surface area contributed by atoms with Crippen LogP contribution >= 0.6 is 0 Å². The van der Waals surface area contributed by atoms with E-state index in [0.29, 0.717) is 16.7 Å². The molecule has 2 aromatic rings. The quantitative estimate of drug-likeness (QED) is 0.211. The molecule has 2 heterocycles. The average Bonchev–Trinajstić information content (AvgIpc) is 2.85. The van der Waals surface area contributed by atoms with Gasteiger partial charge in [-0.05, 0) is 71.1 Å². The van der Waals surface area contributed by atoms with Gasteiger partial charge in [0.05, 0.1) is 18.7 Å². The predicted octanol–water partition coefficient (Wildman–Crippen LogP) is 1.43. The van der Waals surface area contributed by atoms with Crippen LogP contribution in [0.4, 0.5) is 5.82 Å². The van der Waals surface area contributed by atoms with E-state index in [2.05, 4.69) is 33.8 Å². The van der Waals surface area contributed by atoms with Crippen LogP contribution in [0.1, 0.15) is 43.4 Å². The molecule has 1 aromatic carbocycles. The van der Waals surface area contributed by atoms with Crippen LogP contribution in [0.2, 0.25) is 0 Å². The van der Waals surface area contributed by atoms with Gasteiger partial charge in [0, 0.05) is 35.3 Å². The third-order valence-electron chi connectivity index (χ3n) is 5.82. The summed E-state index contributed by atoms with van der Waals surface area (Å²) in [5.74, 6) is 2.63. The van der Waals surface area contributed by atoms with Gasteiger partial charge in [0.1, 0.15) is 11.4 Å². The maximum absolute atomic E-state index is 10.9. The maximum Gasteiger partial charge on any atom is 0.355 e. The first-order chi connectivity index (χ1) is 17.4. The number of aliphatic hydroxyl groups is 3. The Bertz CT molecular complexity index is 1220. The molecule has 7 N–H and O–H groups in total. The van der Waals surface area contributed by atoms with Crippen molar-refractivity contribution >= 4 is 17.6 Å². The summed E-state index contributed by atoms with van der Waals surface area (Å²) in [6.07, 6.45) is 6.50. The first-order valence-electron chi connectivity index (χ1n) is 11.9. The highest BCUT2D eigenvalue weighted by molar-refractivity contribution is 6.09. The van der Waals surface area contributed by atoms with E-state index >= 15 is 0 Å². The van der Waals surface area contributed by atoms with Gasteiger partial charge in [-0.1, -0.05) is 11.8 Å². The average molecular weight is 510 g/mol. The van der Waals surface area contributed by atoms with Crippen molar-refractivity contribution in [2.24, 2.45) is 10.7 Å². The lowest BCUT2D eigenvalue weighted by atomic mass is 10.1. The molecule has 1 fully saturated rings. The summed E-state index contributed by atoms with van der Waals surface area (Å²) in [6.45, 7) is 5.05. The smallest absolute Gasteiger partial charge is 0.355 e. The van der Waals surface area contributed by atoms with Crippen molar-refractivity contribution in [3.05, 3.63) is 53.4 Å². The number of nitrogens with two attached hydrogens (primary N) is 2. The molecule has 0 aliphatic carbocycles. The van der Waals surface area contributed by atoms with Crippen molar-refractivity contribution in [2.75, 3.05) is 33.0 Å². The van der Waals surface area contributed by atoms with Crippen LogP contribution in [-0.4, -0.2) is 70.3 Å². The lowest BCUT2D eigenvalue weighted by Gasteiger charge is -2.26. The van der Waals surface area contributed by atoms with Gasteiger partial charge in [-0.25, -0.2) is 4.98 Å². The van der Waals surface area contributed by atoms with Gasteiger partial charge in [0.25, 0.3) is 0 Å². The van der Waals surface area contributed by atoms with Gasteiger partial charge in [-0.15, -0.1) is 0 Å². The minimum absolute atomic E-state index is 0.0585. The molecule has 1 saturated heterocycles. The molecular formula is C27H35N5O5. The van der Waals surface area contributed by atoms with Crippen LogP contribution in [0, 0.1) is 11.8 Å². The number of allylic oxidation sites excluding steroid dienone is 1. The zero-order valence-electron chi connectivity index (χ0n) is 21.6. The number of ether oxygens (including phenoxy) is 2. The monoisotopic (exact) mass is 509 g/mol. The number of piperidine rings is 1. The molecule has 1 aromatic heterocycles. The van der Waals surface area contributed by atoms with Gasteiger partial charge in [0.15, 0.2) is 11.6 Å². The molecule has 198 valence electrons. The SMILES string of the molecule is COc1ccc(C#CC(C)(C)O)cc1C(O)(O)Oc1cc(C(C=NC2CCN(C)CC2)=CN)cnc1N. The third kappa shape index (κ3) is 7.68. The Labute approximate surface area is 217 Å². The van der Waals surface area contributed by atoms with Crippen molar-refractivity contribution in [1.82, 2.24) is 9.88 Å². The molecule has 3 rings (SSSR count). The Morgan fingerprint density at radius 3 is 2.51 bits per heavy atom. The van der Waals surface area contributed by atoms with Crippen LogP contribution in [0.25, 0.3) is 5.57 Å². The number of anilines is 1. The van der Waals surface area contributed by atoms with E-state index in [1.807, 2.05) is 0 Å². The molecule has 0 unspecified atom stereocenters. The molecule has 1 aliphatic rings. The van der Waals surface area contributed by atoms with Crippen LogP contribution in [0.3, 0.4) is 0 Å². The summed E-state index contributed by atoms with van der Waals surface area (Å²) in [5, 5.41) is 31.7. The lowest BCUT2D eigenvalue weighted by Crippen LogP contribution is -2.33. The molecule has 37 heavy (non-hydrogen) atoms. The number of benzene rings is 1. The normalized spacial score (nSPS) is 15.9. The number of pyridine rings is 1. The molecule has 1 aliphatic heterocycles. The predicted molar refractivity (Wildman–Crippen MR) is 143 cm³/mol. The van der Waals surface area contributed by atoms with Crippen LogP contribution in [0.5, 0.6) is 11.5 Å². The zero-order chi connectivity index (χ0) is 27.2. The topological polar surface area (TPSA) is 160 Å². The first kappa shape index (κ1) is 28.0. The van der Waals surface area contributed by atoms with E-state index in [1.54, 1.807) is 26.1 Å². The van der Waals surface area contributed by atoms with E-state index in [1.165, 1.54) is 37.7 Å². The molecule has 0 atom stereocenters. The zero-order valence-corrected chi connectivity index (χ0v) is 21.6. The van der Waals surface area contributed by atoms with Gasteiger partial charge in [-0.3, -0.25) is 4.99 Å². The van der Waals surface area contributed by atoms with Crippen LogP contribution < -0.4 is 20.9 Å². The summed E-state index contributed by atoms with van der Waals surface area (Å²) in [4.78, 5) is 11.1. The van der Waals surface area contributed by atoms with Crippen molar-refractivity contribution < 1.29 is 24.8 Å². The Morgan fingerprint density at radius 1 is 1.19 bits per heavy atom. The Kier molecular flexibility index (Phi) is 8.78. The molecule has 0 amide bonds. The summed E-state index contributed by atoms with van der Waals surface area (Å²) in [5.41, 5.74) is 12.0. The standard InChI is InChI=1S/C27H35N5O5/c1-26(2,33)10-7-18-5-6-23(36-4)22(13-18)27(34,35)37-24-14-19(16-31-25(24)29)20(15-28)17-30-21-8-11-32(3)12-9-21/h5-6,13-17,21,33-35H,8-9,11-12,28H2,1-4H3,(H2,29,31). The summed E-state index contributed by atoms with van der Waals surface area (Å²) in [7, 11) is 3.47. The molecule has 0 saturated carbocycles. The fraction of sp³-hybridized carbons (Fsp3) is 0.407. The molecular weight excluding hydrogens is 474 g/mol. The van der Waals surface area contributed by atoms with Gasteiger partial charge < -0.3 is 41.2 Å². The summed E-state index contributed by atoms with van der Waals surface area (Å²) in [6, 6.07) is 6.24. The van der Waals surface area contributed by atoms with Crippen molar-refractivity contribution in [1.29, 1.82) is 0 Å². The molecule has 10 heteroatoms. The number of likely N-dealkylation sites (tertiary alicyclic amines) is 1. The number of methoxy groups -OCH3 is 1. The Balaban J connectivity index is 1.88. The molecule has 10 nitrogen and oxygen atoms in total. The maximum atomic E-state index is 10.9. The number of aliphatic imine (C=N–C) groups is 1. The minimum atomic E-state index is -2.85. The number of aromatic nitrogens is 1. The van der Waals surface area contributed by atoms with E-state index in [0.717, 1.165) is 25.9 Å². The number of nitrogens with zero attached hydrogens (tertiary/aromatic N) is 3. The number of hydrogen-bond donors (Lipinski definition) is 5. The van der Waals surface area contributed by atoms with Gasteiger partial charge in [0.2, 0.25) is 0 Å². The lowest BCUT2D eigenvalue weighted by molar-refractivity contribution is -0.304. The van der Waals surface area contributed by atoms with E-state index in [9.17, 15) is 15.3 Å². The Morgan fingerprint density at radius 2 is 1.89 bits per heavy atom. The second-order valence-electron chi connectivity index (χ2n) is 9.48.